The summed E-state index contributed by atoms with van der Waals surface area (Å²) >= 11 is 0. The zero-order valence-electron chi connectivity index (χ0n) is 20.5. The normalized spacial score (nSPS) is 20.3. The van der Waals surface area contributed by atoms with Gasteiger partial charge in [-0.05, 0) is 74.6 Å². The number of nitrogens with one attached hydrogen (secondary N) is 1. The first-order chi connectivity index (χ1) is 16.7. The molecule has 2 saturated heterocycles. The lowest BCUT2D eigenvalue weighted by Crippen LogP contribution is -2.33. The van der Waals surface area contributed by atoms with Gasteiger partial charge >= 0.3 is 0 Å². The summed E-state index contributed by atoms with van der Waals surface area (Å²) in [5.41, 5.74) is 3.33. The number of likely N-dealkylation sites (tertiary alicyclic amines) is 1. The van der Waals surface area contributed by atoms with Gasteiger partial charge in [0, 0.05) is 37.9 Å². The number of aryl methyl sites for hydroxylation is 2. The summed E-state index contributed by atoms with van der Waals surface area (Å²) in [6.07, 6.45) is 3.98. The molecule has 2 fully saturated rings. The lowest BCUT2D eigenvalue weighted by Gasteiger charge is -2.18. The van der Waals surface area contributed by atoms with E-state index in [-0.39, 0.29) is 10.8 Å². The lowest BCUT2D eigenvalue weighted by atomic mass is 10.1. The highest BCUT2D eigenvalue weighted by atomic mass is 32.2. The molecule has 0 aliphatic carbocycles. The van der Waals surface area contributed by atoms with Crippen molar-refractivity contribution in [3.05, 3.63) is 53.6 Å². The van der Waals surface area contributed by atoms with E-state index in [9.17, 15) is 18.0 Å². The van der Waals surface area contributed by atoms with Gasteiger partial charge in [-0.2, -0.15) is 8.42 Å². The number of carbonyl (C=O) groups is 2. The zero-order valence-corrected chi connectivity index (χ0v) is 21.3. The standard InChI is InChI=1S/C26H32N4O4S/c1-18-11-12-21(16-19(18)2)30-15-13-23(26(30)32)25(31)27-20-8-7-9-22(17-20)35(33,34)28-24-10-5-4-6-14-29(24)3/h7-9,11-12,16-17,23H,4-6,10,13-15H2,1-3H3,(H,27,31)/b28-24+. The van der Waals surface area contributed by atoms with Gasteiger partial charge in [-0.3, -0.25) is 9.59 Å². The number of rotatable bonds is 5. The van der Waals surface area contributed by atoms with Crippen LogP contribution in [0.1, 0.15) is 43.2 Å². The Hall–Kier alpha value is -3.20. The van der Waals surface area contributed by atoms with Gasteiger partial charge in [0.15, 0.2) is 0 Å². The van der Waals surface area contributed by atoms with Crippen molar-refractivity contribution in [1.82, 2.24) is 4.90 Å². The third kappa shape index (κ3) is 5.56. The molecule has 0 radical (unpaired) electrons. The largest absolute Gasteiger partial charge is 0.362 e. The van der Waals surface area contributed by atoms with Gasteiger partial charge in [0.25, 0.3) is 10.0 Å². The predicted octanol–water partition coefficient (Wildman–Crippen LogP) is 3.89. The van der Waals surface area contributed by atoms with Crippen molar-refractivity contribution in [3.63, 3.8) is 0 Å². The van der Waals surface area contributed by atoms with E-state index in [0.717, 1.165) is 42.6 Å². The number of nitrogens with zero attached hydrogens (tertiary/aromatic N) is 3. The molecule has 35 heavy (non-hydrogen) atoms. The summed E-state index contributed by atoms with van der Waals surface area (Å²) < 4.78 is 30.0. The minimum atomic E-state index is -3.93. The average Bonchev–Trinajstić information content (AvgIpc) is 3.09. The molecular weight excluding hydrogens is 464 g/mol. The van der Waals surface area contributed by atoms with Gasteiger partial charge < -0.3 is 15.1 Å². The number of carbonyl (C=O) groups excluding carboxylic acids is 2. The molecule has 2 amide bonds. The van der Waals surface area contributed by atoms with Gasteiger partial charge in [0.1, 0.15) is 11.8 Å². The van der Waals surface area contributed by atoms with Crippen LogP contribution in [0, 0.1) is 19.8 Å². The SMILES string of the molecule is Cc1ccc(N2CCC(C(=O)Nc3cccc(S(=O)(=O)/N=C4\CCCCCN4C)c3)C2=O)cc1C. The fourth-order valence-corrected chi connectivity index (χ4v) is 5.61. The fraction of sp³-hybridized carbons (Fsp3) is 0.423. The number of hydrogen-bond donors (Lipinski definition) is 1. The van der Waals surface area contributed by atoms with E-state index in [1.165, 1.54) is 12.1 Å². The molecular formula is C26H32N4O4S. The van der Waals surface area contributed by atoms with Gasteiger partial charge in [0.05, 0.1) is 4.90 Å². The maximum atomic E-state index is 13.0. The summed E-state index contributed by atoms with van der Waals surface area (Å²) in [4.78, 5) is 29.5. The molecule has 4 rings (SSSR count). The Balaban J connectivity index is 1.48. The maximum Gasteiger partial charge on any atom is 0.284 e. The molecule has 2 heterocycles. The predicted molar refractivity (Wildman–Crippen MR) is 137 cm³/mol. The van der Waals surface area contributed by atoms with E-state index in [1.54, 1.807) is 17.0 Å². The molecule has 0 bridgehead atoms. The van der Waals surface area contributed by atoms with Crippen molar-refractivity contribution in [2.75, 3.05) is 30.4 Å². The monoisotopic (exact) mass is 496 g/mol. The van der Waals surface area contributed by atoms with E-state index >= 15 is 0 Å². The molecule has 1 unspecified atom stereocenters. The van der Waals surface area contributed by atoms with Crippen LogP contribution in [-0.4, -0.2) is 51.1 Å². The summed E-state index contributed by atoms with van der Waals surface area (Å²) in [6.45, 7) is 5.23. The highest BCUT2D eigenvalue weighted by molar-refractivity contribution is 7.90. The molecule has 0 saturated carbocycles. The van der Waals surface area contributed by atoms with Crippen LogP contribution in [0.2, 0.25) is 0 Å². The highest BCUT2D eigenvalue weighted by Gasteiger charge is 2.37. The average molecular weight is 497 g/mol. The van der Waals surface area contributed by atoms with Crippen LogP contribution in [0.3, 0.4) is 0 Å². The number of hydrogen-bond acceptors (Lipinski definition) is 4. The first kappa shape index (κ1) is 24.9. The van der Waals surface area contributed by atoms with Gasteiger partial charge in [-0.15, -0.1) is 4.40 Å². The Morgan fingerprint density at radius 1 is 1.03 bits per heavy atom. The molecule has 2 aromatic rings. The van der Waals surface area contributed by atoms with E-state index in [1.807, 2.05) is 44.0 Å². The number of anilines is 2. The molecule has 186 valence electrons. The van der Waals surface area contributed by atoms with Gasteiger partial charge in [-0.1, -0.05) is 18.6 Å². The number of benzene rings is 2. The summed E-state index contributed by atoms with van der Waals surface area (Å²) in [7, 11) is -2.07. The van der Waals surface area contributed by atoms with Crippen molar-refractivity contribution in [2.24, 2.45) is 10.3 Å². The first-order valence-corrected chi connectivity index (χ1v) is 13.4. The molecule has 1 N–H and O–H groups in total. The third-order valence-electron chi connectivity index (χ3n) is 6.78. The Morgan fingerprint density at radius 2 is 1.83 bits per heavy atom. The summed E-state index contributed by atoms with van der Waals surface area (Å²) in [6, 6.07) is 11.9. The van der Waals surface area contributed by atoms with E-state index < -0.39 is 21.8 Å². The van der Waals surface area contributed by atoms with Crippen LogP contribution in [0.5, 0.6) is 0 Å². The van der Waals surface area contributed by atoms with Crippen LogP contribution >= 0.6 is 0 Å². The Morgan fingerprint density at radius 3 is 2.60 bits per heavy atom. The molecule has 2 aliphatic heterocycles. The molecule has 9 heteroatoms. The second kappa shape index (κ2) is 10.2. The van der Waals surface area contributed by atoms with E-state index in [2.05, 4.69) is 9.71 Å². The Kier molecular flexibility index (Phi) is 7.25. The van der Waals surface area contributed by atoms with Crippen molar-refractivity contribution in [1.29, 1.82) is 0 Å². The second-order valence-electron chi connectivity index (χ2n) is 9.33. The molecule has 2 aliphatic rings. The minimum absolute atomic E-state index is 0.00922. The summed E-state index contributed by atoms with van der Waals surface area (Å²) in [5, 5.41) is 2.73. The van der Waals surface area contributed by atoms with Crippen LogP contribution in [-0.2, 0) is 19.6 Å². The number of sulfonamides is 1. The topological polar surface area (TPSA) is 99.2 Å². The second-order valence-corrected chi connectivity index (χ2v) is 10.9. The van der Waals surface area contributed by atoms with Crippen molar-refractivity contribution in [3.8, 4) is 0 Å². The van der Waals surface area contributed by atoms with Gasteiger partial charge in [-0.25, -0.2) is 0 Å². The zero-order chi connectivity index (χ0) is 25.2. The fourth-order valence-electron chi connectivity index (χ4n) is 4.47. The molecule has 2 aromatic carbocycles. The Labute approximate surface area is 207 Å². The van der Waals surface area contributed by atoms with Crippen molar-refractivity contribution < 1.29 is 18.0 Å². The van der Waals surface area contributed by atoms with Crippen LogP contribution < -0.4 is 10.2 Å². The lowest BCUT2D eigenvalue weighted by molar-refractivity contribution is -0.129. The van der Waals surface area contributed by atoms with Crippen molar-refractivity contribution in [2.45, 2.75) is 50.8 Å². The minimum Gasteiger partial charge on any atom is -0.362 e. The summed E-state index contributed by atoms with van der Waals surface area (Å²) in [5.74, 6) is -0.959. The van der Waals surface area contributed by atoms with Gasteiger partial charge in [0.2, 0.25) is 11.8 Å². The first-order valence-electron chi connectivity index (χ1n) is 12.0. The number of amides is 2. The highest BCUT2D eigenvalue weighted by Crippen LogP contribution is 2.28. The van der Waals surface area contributed by atoms with Crippen LogP contribution in [0.4, 0.5) is 11.4 Å². The molecule has 8 nitrogen and oxygen atoms in total. The third-order valence-corrected chi connectivity index (χ3v) is 8.08. The number of amidine groups is 1. The van der Waals surface area contributed by atoms with Crippen molar-refractivity contribution >= 4 is 39.0 Å². The maximum absolute atomic E-state index is 13.0. The smallest absolute Gasteiger partial charge is 0.284 e. The van der Waals surface area contributed by atoms with Crippen LogP contribution in [0.15, 0.2) is 51.8 Å². The van der Waals surface area contributed by atoms with Crippen LogP contribution in [0.25, 0.3) is 0 Å². The van der Waals surface area contributed by atoms with E-state index in [0.29, 0.717) is 30.9 Å². The van der Waals surface area contributed by atoms with E-state index in [4.69, 9.17) is 0 Å². The molecule has 0 aromatic heterocycles. The molecule has 1 atom stereocenters. The quantitative estimate of drug-likeness (QED) is 0.633. The molecule has 0 spiro atoms. The Bertz CT molecular complexity index is 1270.